The van der Waals surface area contributed by atoms with Gasteiger partial charge >= 0.3 is 0 Å². The molecular weight excluding hydrogens is 276 g/mol. The van der Waals surface area contributed by atoms with Gasteiger partial charge in [0.15, 0.2) is 6.61 Å². The maximum Gasteiger partial charge on any atom is 0.258 e. The Morgan fingerprint density at radius 2 is 1.64 bits per heavy atom. The fourth-order valence-electron chi connectivity index (χ4n) is 2.20. The molecule has 0 aliphatic rings. The van der Waals surface area contributed by atoms with E-state index in [9.17, 15) is 4.79 Å². The maximum absolute atomic E-state index is 11.9. The Morgan fingerprint density at radius 1 is 1.05 bits per heavy atom. The van der Waals surface area contributed by atoms with Crippen LogP contribution in [0.2, 0.25) is 0 Å². The van der Waals surface area contributed by atoms with Gasteiger partial charge in [-0.05, 0) is 31.8 Å². The van der Waals surface area contributed by atoms with E-state index in [0.29, 0.717) is 12.3 Å². The Bertz CT molecular complexity index is 570. The van der Waals surface area contributed by atoms with Crippen molar-refractivity contribution >= 4 is 5.91 Å². The molecule has 4 heteroatoms. The number of rotatable bonds is 7. The molecule has 1 N–H and O–H groups in total. The van der Waals surface area contributed by atoms with Crippen LogP contribution in [0.25, 0.3) is 0 Å². The van der Waals surface area contributed by atoms with E-state index in [1.54, 1.807) is 0 Å². The van der Waals surface area contributed by atoms with Crippen molar-refractivity contribution in [2.75, 3.05) is 27.2 Å². The fourth-order valence-corrected chi connectivity index (χ4v) is 2.20. The molecule has 116 valence electrons. The highest BCUT2D eigenvalue weighted by molar-refractivity contribution is 5.77. The van der Waals surface area contributed by atoms with Gasteiger partial charge in [0.1, 0.15) is 5.75 Å². The highest BCUT2D eigenvalue weighted by atomic mass is 16.5. The lowest BCUT2D eigenvalue weighted by molar-refractivity contribution is -0.123. The van der Waals surface area contributed by atoms with E-state index in [0.717, 1.165) is 0 Å². The first-order chi connectivity index (χ1) is 10.7. The number of carbonyl (C=O) groups excluding carboxylic acids is 1. The number of para-hydroxylation sites is 1. The summed E-state index contributed by atoms with van der Waals surface area (Å²) in [5.41, 5.74) is 1.18. The Balaban J connectivity index is 1.83. The van der Waals surface area contributed by atoms with Crippen molar-refractivity contribution in [1.82, 2.24) is 10.2 Å². The molecule has 2 rings (SSSR count). The molecule has 0 radical (unpaired) electrons. The van der Waals surface area contributed by atoms with Crippen LogP contribution in [-0.4, -0.2) is 38.1 Å². The molecule has 0 saturated heterocycles. The first kappa shape index (κ1) is 16.0. The summed E-state index contributed by atoms with van der Waals surface area (Å²) in [7, 11) is 4.01. The first-order valence-corrected chi connectivity index (χ1v) is 7.32. The fraction of sp³-hybridized carbons (Fsp3) is 0.278. The average Bonchev–Trinajstić information content (AvgIpc) is 2.55. The summed E-state index contributed by atoms with van der Waals surface area (Å²) in [5.74, 6) is 0.580. The van der Waals surface area contributed by atoms with Crippen LogP contribution in [0.4, 0.5) is 0 Å². The minimum Gasteiger partial charge on any atom is -0.484 e. The van der Waals surface area contributed by atoms with Gasteiger partial charge in [0.2, 0.25) is 0 Å². The lowest BCUT2D eigenvalue weighted by Crippen LogP contribution is -2.36. The van der Waals surface area contributed by atoms with Crippen LogP contribution in [0.5, 0.6) is 5.75 Å². The Labute approximate surface area is 131 Å². The van der Waals surface area contributed by atoms with Crippen LogP contribution >= 0.6 is 0 Å². The van der Waals surface area contributed by atoms with Gasteiger partial charge in [-0.25, -0.2) is 0 Å². The number of benzene rings is 2. The quantitative estimate of drug-likeness (QED) is 0.854. The molecule has 2 aromatic carbocycles. The molecule has 22 heavy (non-hydrogen) atoms. The van der Waals surface area contributed by atoms with Crippen molar-refractivity contribution < 1.29 is 9.53 Å². The predicted octanol–water partition coefficient (Wildman–Crippen LogP) is 2.48. The van der Waals surface area contributed by atoms with E-state index in [1.807, 2.05) is 62.6 Å². The van der Waals surface area contributed by atoms with E-state index in [1.165, 1.54) is 5.56 Å². The summed E-state index contributed by atoms with van der Waals surface area (Å²) >= 11 is 0. The molecule has 0 aromatic heterocycles. The van der Waals surface area contributed by atoms with Gasteiger partial charge in [0.25, 0.3) is 5.91 Å². The van der Waals surface area contributed by atoms with Crippen LogP contribution in [-0.2, 0) is 4.79 Å². The summed E-state index contributed by atoms with van der Waals surface area (Å²) < 4.78 is 5.44. The normalized spacial score (nSPS) is 12.0. The van der Waals surface area contributed by atoms with Crippen LogP contribution in [0, 0.1) is 0 Å². The van der Waals surface area contributed by atoms with Gasteiger partial charge in [0, 0.05) is 6.54 Å². The van der Waals surface area contributed by atoms with Crippen molar-refractivity contribution in [2.45, 2.75) is 6.04 Å². The summed E-state index contributed by atoms with van der Waals surface area (Å²) in [6.45, 7) is 0.576. The second kappa shape index (κ2) is 8.20. The monoisotopic (exact) mass is 298 g/mol. The number of nitrogens with one attached hydrogen (secondary N) is 1. The lowest BCUT2D eigenvalue weighted by Gasteiger charge is -2.25. The lowest BCUT2D eigenvalue weighted by atomic mass is 10.1. The molecule has 0 aliphatic heterocycles. The van der Waals surface area contributed by atoms with Gasteiger partial charge in [-0.1, -0.05) is 48.5 Å². The van der Waals surface area contributed by atoms with Crippen LogP contribution in [0.1, 0.15) is 11.6 Å². The molecule has 0 fully saturated rings. The highest BCUT2D eigenvalue weighted by Crippen LogP contribution is 2.16. The second-order valence-electron chi connectivity index (χ2n) is 5.30. The Morgan fingerprint density at radius 3 is 2.23 bits per heavy atom. The molecule has 0 aliphatic carbocycles. The molecule has 0 heterocycles. The van der Waals surface area contributed by atoms with E-state index in [-0.39, 0.29) is 18.6 Å². The number of amides is 1. The van der Waals surface area contributed by atoms with Gasteiger partial charge in [-0.2, -0.15) is 0 Å². The van der Waals surface area contributed by atoms with Crippen LogP contribution in [0.3, 0.4) is 0 Å². The largest absolute Gasteiger partial charge is 0.484 e. The van der Waals surface area contributed by atoms with E-state index in [2.05, 4.69) is 22.3 Å². The van der Waals surface area contributed by atoms with Gasteiger partial charge in [-0.3, -0.25) is 4.79 Å². The number of hydrogen-bond acceptors (Lipinski definition) is 3. The predicted molar refractivity (Wildman–Crippen MR) is 87.8 cm³/mol. The molecule has 0 spiro atoms. The first-order valence-electron chi connectivity index (χ1n) is 7.32. The molecule has 4 nitrogen and oxygen atoms in total. The molecule has 1 amide bonds. The number of nitrogens with zero attached hydrogens (tertiary/aromatic N) is 1. The van der Waals surface area contributed by atoms with Gasteiger partial charge < -0.3 is 15.0 Å². The minimum absolute atomic E-state index is 0.0267. The molecular formula is C18H22N2O2. The molecule has 0 saturated carbocycles. The third kappa shape index (κ3) is 4.90. The zero-order valence-electron chi connectivity index (χ0n) is 13.0. The highest BCUT2D eigenvalue weighted by Gasteiger charge is 2.15. The zero-order chi connectivity index (χ0) is 15.8. The summed E-state index contributed by atoms with van der Waals surface area (Å²) in [4.78, 5) is 14.0. The van der Waals surface area contributed by atoms with Crippen molar-refractivity contribution in [3.05, 3.63) is 66.2 Å². The maximum atomic E-state index is 11.9. The minimum atomic E-state index is -0.119. The van der Waals surface area contributed by atoms with Gasteiger partial charge in [-0.15, -0.1) is 0 Å². The second-order valence-corrected chi connectivity index (χ2v) is 5.30. The molecule has 1 unspecified atom stereocenters. The summed E-state index contributed by atoms with van der Waals surface area (Å²) in [6.07, 6.45) is 0. The van der Waals surface area contributed by atoms with Crippen molar-refractivity contribution in [3.8, 4) is 5.75 Å². The summed E-state index contributed by atoms with van der Waals surface area (Å²) in [6, 6.07) is 19.6. The Kier molecular flexibility index (Phi) is 5.98. The van der Waals surface area contributed by atoms with Crippen molar-refractivity contribution in [3.63, 3.8) is 0 Å². The van der Waals surface area contributed by atoms with Crippen molar-refractivity contribution in [1.29, 1.82) is 0 Å². The number of likely N-dealkylation sites (N-methyl/N-ethyl adjacent to an activating group) is 1. The van der Waals surface area contributed by atoms with E-state index >= 15 is 0 Å². The van der Waals surface area contributed by atoms with Crippen molar-refractivity contribution in [2.24, 2.45) is 0 Å². The standard InChI is InChI=1S/C18H22N2O2/c1-20(2)17(15-9-5-3-6-10-15)13-19-18(21)14-22-16-11-7-4-8-12-16/h3-12,17H,13-14H2,1-2H3,(H,19,21). The van der Waals surface area contributed by atoms with Crippen LogP contribution in [0.15, 0.2) is 60.7 Å². The number of ether oxygens (including phenoxy) is 1. The Hall–Kier alpha value is -2.33. The van der Waals surface area contributed by atoms with E-state index in [4.69, 9.17) is 4.74 Å². The number of carbonyl (C=O) groups is 1. The third-order valence-corrected chi connectivity index (χ3v) is 3.41. The SMILES string of the molecule is CN(C)C(CNC(=O)COc1ccccc1)c1ccccc1. The smallest absolute Gasteiger partial charge is 0.258 e. The van der Waals surface area contributed by atoms with Crippen LogP contribution < -0.4 is 10.1 Å². The average molecular weight is 298 g/mol. The number of hydrogen-bond donors (Lipinski definition) is 1. The third-order valence-electron chi connectivity index (χ3n) is 3.41. The summed E-state index contributed by atoms with van der Waals surface area (Å²) in [5, 5.41) is 2.93. The van der Waals surface area contributed by atoms with E-state index < -0.39 is 0 Å². The zero-order valence-corrected chi connectivity index (χ0v) is 13.0. The van der Waals surface area contributed by atoms with Gasteiger partial charge in [0.05, 0.1) is 6.04 Å². The molecule has 2 aromatic rings. The topological polar surface area (TPSA) is 41.6 Å². The molecule has 1 atom stereocenters. The molecule has 0 bridgehead atoms.